The number of epoxide rings is 2. The summed E-state index contributed by atoms with van der Waals surface area (Å²) in [6.07, 6.45) is 0.362. The van der Waals surface area contributed by atoms with E-state index >= 15 is 0 Å². The molecule has 2 saturated heterocycles. The Kier molecular flexibility index (Phi) is 7.67. The summed E-state index contributed by atoms with van der Waals surface area (Å²) in [7, 11) is 0. The Bertz CT molecular complexity index is 1790. The van der Waals surface area contributed by atoms with Crippen molar-refractivity contribution in [3.05, 3.63) is 120 Å². The van der Waals surface area contributed by atoms with E-state index < -0.39 is 11.9 Å². The second kappa shape index (κ2) is 12.2. The predicted octanol–water partition coefficient (Wildman–Crippen LogP) is 6.50. The summed E-state index contributed by atoms with van der Waals surface area (Å²) in [6.45, 7) is 2.52. The lowest BCUT2D eigenvalue weighted by molar-refractivity contribution is 0.0725. The quantitative estimate of drug-likeness (QED) is 0.0980. The van der Waals surface area contributed by atoms with Crippen molar-refractivity contribution >= 4 is 22.7 Å². The fraction of sp³-hybridized carbons (Fsp3) is 0.167. The lowest BCUT2D eigenvalue weighted by atomic mass is 10.1. The number of benzene rings is 5. The number of ether oxygens (including phenoxy) is 6. The van der Waals surface area contributed by atoms with Crippen molar-refractivity contribution in [2.75, 3.05) is 26.4 Å². The van der Waals surface area contributed by atoms with Crippen molar-refractivity contribution in [2.45, 2.75) is 12.2 Å². The number of rotatable bonds is 11. The predicted molar refractivity (Wildman–Crippen MR) is 163 cm³/mol. The molecule has 0 aliphatic carbocycles. The minimum atomic E-state index is -0.453. The smallest absolute Gasteiger partial charge is 0.343 e. The van der Waals surface area contributed by atoms with Crippen molar-refractivity contribution < 1.29 is 38.0 Å². The van der Waals surface area contributed by atoms with Crippen LogP contribution in [0.4, 0.5) is 0 Å². The van der Waals surface area contributed by atoms with Crippen LogP contribution in [0.2, 0.25) is 0 Å². The van der Waals surface area contributed by atoms with E-state index in [2.05, 4.69) is 0 Å². The molecule has 2 aliphatic rings. The summed E-state index contributed by atoms with van der Waals surface area (Å²) in [5.74, 6) is 1.43. The molecule has 2 atom stereocenters. The molecule has 8 nitrogen and oxygen atoms in total. The zero-order valence-corrected chi connectivity index (χ0v) is 23.6. The van der Waals surface area contributed by atoms with Gasteiger partial charge in [0.2, 0.25) is 0 Å². The molecule has 2 heterocycles. The Morgan fingerprint density at radius 3 is 1.52 bits per heavy atom. The van der Waals surface area contributed by atoms with E-state index in [1.165, 1.54) is 0 Å². The van der Waals surface area contributed by atoms with Gasteiger partial charge in [-0.3, -0.25) is 0 Å². The van der Waals surface area contributed by atoms with E-state index in [-0.39, 0.29) is 12.2 Å². The Labute approximate surface area is 253 Å². The van der Waals surface area contributed by atoms with Gasteiger partial charge >= 0.3 is 11.9 Å². The molecule has 2 unspecified atom stereocenters. The maximum absolute atomic E-state index is 12.9. The molecule has 220 valence electrons. The Balaban J connectivity index is 0.933. The molecule has 2 aliphatic heterocycles. The molecular weight excluding hydrogens is 560 g/mol. The van der Waals surface area contributed by atoms with Gasteiger partial charge < -0.3 is 28.4 Å². The van der Waals surface area contributed by atoms with Crippen LogP contribution in [0, 0.1) is 0 Å². The first kappa shape index (κ1) is 27.6. The summed E-state index contributed by atoms with van der Waals surface area (Å²) in [5.41, 5.74) is 2.73. The highest BCUT2D eigenvalue weighted by Gasteiger charge is 2.24. The zero-order chi connectivity index (χ0) is 29.9. The number of carbonyl (C=O) groups is 2. The maximum Gasteiger partial charge on any atom is 0.343 e. The summed E-state index contributed by atoms with van der Waals surface area (Å²) in [5, 5.41) is 1.89. The maximum atomic E-state index is 12.9. The molecule has 0 aromatic heterocycles. The summed E-state index contributed by atoms with van der Waals surface area (Å²) in [6, 6.07) is 32.5. The Morgan fingerprint density at radius 2 is 0.955 bits per heavy atom. The molecule has 0 amide bonds. The molecule has 5 aromatic rings. The molecule has 44 heavy (non-hydrogen) atoms. The van der Waals surface area contributed by atoms with Crippen LogP contribution in [0.5, 0.6) is 23.0 Å². The minimum Gasteiger partial charge on any atom is -0.491 e. The first-order chi connectivity index (χ1) is 21.6. The minimum absolute atomic E-state index is 0.169. The van der Waals surface area contributed by atoms with E-state index in [0.29, 0.717) is 41.6 Å². The van der Waals surface area contributed by atoms with Crippen LogP contribution in [0.3, 0.4) is 0 Å². The average Bonchev–Trinajstić information content (AvgIpc) is 4.00. The van der Waals surface area contributed by atoms with E-state index in [0.717, 1.165) is 40.9 Å². The molecule has 0 radical (unpaired) electrons. The monoisotopic (exact) mass is 588 g/mol. The molecule has 0 bridgehead atoms. The van der Waals surface area contributed by atoms with Crippen molar-refractivity contribution in [3.8, 4) is 34.1 Å². The van der Waals surface area contributed by atoms with Crippen LogP contribution >= 0.6 is 0 Å². The molecule has 8 heteroatoms. The largest absolute Gasteiger partial charge is 0.491 e. The second-order valence-corrected chi connectivity index (χ2v) is 10.6. The SMILES string of the molecule is O=C(Oc1ccc(-c2ccc(OC(=O)c3ccc4cc(OCC5CO5)ccc4c3)cc2)cc1)c1ccc(OCC2CO2)cc1. The molecule has 0 spiro atoms. The number of carbonyl (C=O) groups excluding carboxylic acids is 2. The average molecular weight is 589 g/mol. The van der Waals surface area contributed by atoms with Crippen molar-refractivity contribution in [1.29, 1.82) is 0 Å². The number of hydrogen-bond acceptors (Lipinski definition) is 8. The number of fused-ring (bicyclic) bond motifs is 1. The van der Waals surface area contributed by atoms with Gasteiger partial charge in [-0.1, -0.05) is 36.4 Å². The summed E-state index contributed by atoms with van der Waals surface area (Å²) in [4.78, 5) is 25.4. The number of hydrogen-bond donors (Lipinski definition) is 0. The third-order valence-corrected chi connectivity index (χ3v) is 7.28. The normalized spacial score (nSPS) is 16.6. The summed E-state index contributed by atoms with van der Waals surface area (Å²) < 4.78 is 32.8. The van der Waals surface area contributed by atoms with Gasteiger partial charge in [0.25, 0.3) is 0 Å². The van der Waals surface area contributed by atoms with Crippen molar-refractivity contribution in [2.24, 2.45) is 0 Å². The van der Waals surface area contributed by atoms with E-state index in [1.54, 1.807) is 54.6 Å². The lowest BCUT2D eigenvalue weighted by Crippen LogP contribution is -2.09. The van der Waals surface area contributed by atoms with Gasteiger partial charge in [-0.05, 0) is 94.7 Å². The van der Waals surface area contributed by atoms with Crippen LogP contribution < -0.4 is 18.9 Å². The van der Waals surface area contributed by atoms with Gasteiger partial charge in [0, 0.05) is 0 Å². The highest BCUT2D eigenvalue weighted by molar-refractivity contribution is 5.96. The third kappa shape index (κ3) is 6.89. The fourth-order valence-electron chi connectivity index (χ4n) is 4.60. The van der Waals surface area contributed by atoms with E-state index in [9.17, 15) is 9.59 Å². The molecule has 5 aromatic carbocycles. The van der Waals surface area contributed by atoms with Crippen LogP contribution in [-0.2, 0) is 9.47 Å². The van der Waals surface area contributed by atoms with Crippen molar-refractivity contribution in [3.63, 3.8) is 0 Å². The summed E-state index contributed by atoms with van der Waals surface area (Å²) >= 11 is 0. The van der Waals surface area contributed by atoms with Crippen LogP contribution in [0.25, 0.3) is 21.9 Å². The van der Waals surface area contributed by atoms with E-state index in [4.69, 9.17) is 28.4 Å². The van der Waals surface area contributed by atoms with Gasteiger partial charge in [-0.15, -0.1) is 0 Å². The van der Waals surface area contributed by atoms with Crippen LogP contribution in [0.15, 0.2) is 109 Å². The molecular formula is C36H28O8. The van der Waals surface area contributed by atoms with Gasteiger partial charge in [0.05, 0.1) is 24.3 Å². The fourth-order valence-corrected chi connectivity index (χ4v) is 4.60. The highest BCUT2D eigenvalue weighted by Crippen LogP contribution is 2.27. The molecule has 2 fully saturated rings. The third-order valence-electron chi connectivity index (χ3n) is 7.28. The number of esters is 2. The molecule has 0 N–H and O–H groups in total. The second-order valence-electron chi connectivity index (χ2n) is 10.6. The topological polar surface area (TPSA) is 96.1 Å². The lowest BCUT2D eigenvalue weighted by Gasteiger charge is -2.09. The zero-order valence-electron chi connectivity index (χ0n) is 23.6. The van der Waals surface area contributed by atoms with Gasteiger partial charge in [0.15, 0.2) is 0 Å². The van der Waals surface area contributed by atoms with Crippen LogP contribution in [-0.4, -0.2) is 50.6 Å². The first-order valence-electron chi connectivity index (χ1n) is 14.3. The van der Waals surface area contributed by atoms with E-state index in [1.807, 2.05) is 54.6 Å². The van der Waals surface area contributed by atoms with Gasteiger partial charge in [-0.25, -0.2) is 9.59 Å². The van der Waals surface area contributed by atoms with Gasteiger partial charge in [0.1, 0.15) is 48.4 Å². The van der Waals surface area contributed by atoms with Crippen LogP contribution in [0.1, 0.15) is 20.7 Å². The molecule has 7 rings (SSSR count). The van der Waals surface area contributed by atoms with Crippen molar-refractivity contribution in [1.82, 2.24) is 0 Å². The first-order valence-corrected chi connectivity index (χ1v) is 14.3. The highest BCUT2D eigenvalue weighted by atomic mass is 16.6. The Morgan fingerprint density at radius 1 is 0.523 bits per heavy atom. The molecule has 0 saturated carbocycles. The Hall–Kier alpha value is -5.18. The standard InChI is InChI=1S/C36H28O8/c37-35(25-7-10-29(11-8-25)39-19-33-21-41-33)43-30-12-3-23(4-13-30)24-5-14-31(15-6-24)44-36(38)28-2-1-27-18-32(16-9-26(27)17-28)40-20-34-22-42-34/h1-18,33-34H,19-22H2. The van der Waals surface area contributed by atoms with Gasteiger partial charge in [-0.2, -0.15) is 0 Å².